The minimum Gasteiger partial charge on any atom is -0.281 e. The molecule has 0 saturated carbocycles. The number of rotatable bonds is 4. The molecule has 2 N–H and O–H groups in total. The number of nitrogens with one attached hydrogen (secondary N) is 2. The van der Waals surface area contributed by atoms with Gasteiger partial charge in [0.25, 0.3) is 0 Å². The molecule has 5 nitrogen and oxygen atoms in total. The van der Waals surface area contributed by atoms with E-state index in [4.69, 9.17) is 23.2 Å². The average molecular weight is 433 g/mol. The van der Waals surface area contributed by atoms with E-state index in [1.165, 1.54) is 0 Å². The summed E-state index contributed by atoms with van der Waals surface area (Å²) < 4.78 is 75.1. The fourth-order valence-electron chi connectivity index (χ4n) is 1.76. The van der Waals surface area contributed by atoms with Gasteiger partial charge in [0.15, 0.2) is 5.82 Å². The molecular weight excluding hydrogens is 425 g/mol. The molecule has 0 spiro atoms. The molecular formula is C14H8Cl2F6N4O. The number of carbonyl (C=O) groups is 1. The molecule has 2 rings (SSSR count). The number of hydrazine groups is 1. The maximum absolute atomic E-state index is 12.5. The summed E-state index contributed by atoms with van der Waals surface area (Å²) >= 11 is 11.3. The Balaban J connectivity index is 2.01. The quantitative estimate of drug-likeness (QED) is 0.551. The second kappa shape index (κ2) is 7.77. The van der Waals surface area contributed by atoms with Crippen molar-refractivity contribution in [2.24, 2.45) is 0 Å². The lowest BCUT2D eigenvalue weighted by Crippen LogP contribution is -2.31. The van der Waals surface area contributed by atoms with E-state index in [9.17, 15) is 31.1 Å². The summed E-state index contributed by atoms with van der Waals surface area (Å²) in [5.41, 5.74) is 2.01. The molecule has 0 aliphatic rings. The van der Waals surface area contributed by atoms with Gasteiger partial charge in [-0.25, -0.2) is 4.98 Å². The SMILES string of the molecule is O=C(Cc1ncc(C(F)(F)F)cc1Cl)NNc1ncc(C(F)(F)F)cc1Cl. The summed E-state index contributed by atoms with van der Waals surface area (Å²) in [4.78, 5) is 18.7. The molecule has 2 heterocycles. The standard InChI is InChI=1S/C14H8Cl2F6N4O/c15-8-1-6(13(17,18)19)4-23-10(8)3-11(27)25-26-12-9(16)2-7(5-24-12)14(20,21)22/h1-2,4-5H,3H2,(H,24,26)(H,25,27). The van der Waals surface area contributed by atoms with Crippen LogP contribution in [0.1, 0.15) is 16.8 Å². The van der Waals surface area contributed by atoms with Gasteiger partial charge in [0.2, 0.25) is 5.91 Å². The third-order valence-corrected chi connectivity index (χ3v) is 3.68. The molecule has 0 aromatic carbocycles. The number of alkyl halides is 6. The highest BCUT2D eigenvalue weighted by atomic mass is 35.5. The first-order valence-corrected chi connectivity index (χ1v) is 7.62. The van der Waals surface area contributed by atoms with Gasteiger partial charge in [0.1, 0.15) is 0 Å². The van der Waals surface area contributed by atoms with Crippen LogP contribution in [0.15, 0.2) is 24.5 Å². The maximum Gasteiger partial charge on any atom is 0.417 e. The number of halogens is 8. The minimum atomic E-state index is -4.64. The summed E-state index contributed by atoms with van der Waals surface area (Å²) in [6, 6.07) is 1.23. The van der Waals surface area contributed by atoms with E-state index >= 15 is 0 Å². The van der Waals surface area contributed by atoms with E-state index in [-0.39, 0.29) is 16.5 Å². The van der Waals surface area contributed by atoms with Crippen LogP contribution in [-0.2, 0) is 23.6 Å². The Morgan fingerprint density at radius 1 is 0.926 bits per heavy atom. The highest BCUT2D eigenvalue weighted by Gasteiger charge is 2.32. The minimum absolute atomic E-state index is 0.129. The second-order valence-corrected chi connectivity index (χ2v) is 5.87. The summed E-state index contributed by atoms with van der Waals surface area (Å²) in [7, 11) is 0. The van der Waals surface area contributed by atoms with Crippen molar-refractivity contribution in [3.05, 3.63) is 51.4 Å². The van der Waals surface area contributed by atoms with Gasteiger partial charge >= 0.3 is 12.4 Å². The Labute approximate surface area is 157 Å². The largest absolute Gasteiger partial charge is 0.417 e. The third kappa shape index (κ3) is 5.60. The van der Waals surface area contributed by atoms with Crippen LogP contribution in [0.2, 0.25) is 10.0 Å². The Kier molecular flexibility index (Phi) is 6.05. The predicted octanol–water partition coefficient (Wildman–Crippen LogP) is 4.51. The lowest BCUT2D eigenvalue weighted by atomic mass is 10.2. The molecule has 13 heteroatoms. The van der Waals surface area contributed by atoms with Crippen LogP contribution in [0, 0.1) is 0 Å². The Morgan fingerprint density at radius 2 is 1.44 bits per heavy atom. The number of nitrogens with zero attached hydrogens (tertiary/aromatic N) is 2. The van der Waals surface area contributed by atoms with Crippen LogP contribution < -0.4 is 10.9 Å². The number of hydrogen-bond acceptors (Lipinski definition) is 4. The van der Waals surface area contributed by atoms with Crippen LogP contribution in [-0.4, -0.2) is 15.9 Å². The smallest absolute Gasteiger partial charge is 0.281 e. The topological polar surface area (TPSA) is 66.9 Å². The van der Waals surface area contributed by atoms with Gasteiger partial charge in [-0.05, 0) is 12.1 Å². The van der Waals surface area contributed by atoms with Crippen LogP contribution in [0.5, 0.6) is 0 Å². The van der Waals surface area contributed by atoms with Crippen molar-refractivity contribution in [3.63, 3.8) is 0 Å². The molecule has 0 unspecified atom stereocenters. The van der Waals surface area contributed by atoms with E-state index in [1.807, 2.05) is 0 Å². The molecule has 0 radical (unpaired) electrons. The molecule has 0 atom stereocenters. The van der Waals surface area contributed by atoms with E-state index in [1.54, 1.807) is 0 Å². The summed E-state index contributed by atoms with van der Waals surface area (Å²) in [6.07, 6.45) is -8.74. The molecule has 0 saturated heterocycles. The number of hydrogen-bond donors (Lipinski definition) is 2. The average Bonchev–Trinajstić information content (AvgIpc) is 2.53. The van der Waals surface area contributed by atoms with Gasteiger partial charge in [0.05, 0.1) is 33.3 Å². The molecule has 0 fully saturated rings. The zero-order valence-electron chi connectivity index (χ0n) is 12.8. The Hall–Kier alpha value is -2.27. The Bertz CT molecular complexity index is 856. The number of pyridine rings is 2. The Morgan fingerprint density at radius 3 is 1.93 bits per heavy atom. The van der Waals surface area contributed by atoms with Crippen LogP contribution in [0.3, 0.4) is 0 Å². The molecule has 2 aromatic heterocycles. The van der Waals surface area contributed by atoms with Crippen molar-refractivity contribution in [2.45, 2.75) is 18.8 Å². The van der Waals surface area contributed by atoms with E-state index in [0.717, 1.165) is 0 Å². The number of amides is 1. The van der Waals surface area contributed by atoms with Gasteiger partial charge in [-0.3, -0.25) is 20.6 Å². The molecule has 0 aliphatic carbocycles. The summed E-state index contributed by atoms with van der Waals surface area (Å²) in [5.74, 6) is -1.05. The highest BCUT2D eigenvalue weighted by molar-refractivity contribution is 6.33. The van der Waals surface area contributed by atoms with Crippen molar-refractivity contribution in [1.82, 2.24) is 15.4 Å². The fraction of sp³-hybridized carbons (Fsp3) is 0.214. The second-order valence-electron chi connectivity index (χ2n) is 5.05. The van der Waals surface area contributed by atoms with Crippen molar-refractivity contribution in [3.8, 4) is 0 Å². The fourth-order valence-corrected chi connectivity index (χ4v) is 2.21. The van der Waals surface area contributed by atoms with Crippen LogP contribution >= 0.6 is 23.2 Å². The monoisotopic (exact) mass is 432 g/mol. The molecule has 0 bridgehead atoms. The highest BCUT2D eigenvalue weighted by Crippen LogP contribution is 2.32. The van der Waals surface area contributed by atoms with Crippen LogP contribution in [0.25, 0.3) is 0 Å². The first-order valence-electron chi connectivity index (χ1n) is 6.87. The lowest BCUT2D eigenvalue weighted by molar-refractivity contribution is -0.138. The summed E-state index contributed by atoms with van der Waals surface area (Å²) in [5, 5.41) is -0.776. The normalized spacial score (nSPS) is 12.0. The molecule has 146 valence electrons. The first-order chi connectivity index (χ1) is 12.4. The summed E-state index contributed by atoms with van der Waals surface area (Å²) in [6.45, 7) is 0. The van der Waals surface area contributed by atoms with Gasteiger partial charge in [-0.2, -0.15) is 26.3 Å². The van der Waals surface area contributed by atoms with Gasteiger partial charge < -0.3 is 0 Å². The van der Waals surface area contributed by atoms with Crippen molar-refractivity contribution in [1.29, 1.82) is 0 Å². The van der Waals surface area contributed by atoms with Gasteiger partial charge in [-0.15, -0.1) is 0 Å². The maximum atomic E-state index is 12.5. The number of carbonyl (C=O) groups excluding carboxylic acids is 1. The molecule has 1 amide bonds. The number of anilines is 1. The van der Waals surface area contributed by atoms with Crippen molar-refractivity contribution in [2.75, 3.05) is 5.43 Å². The lowest BCUT2D eigenvalue weighted by Gasteiger charge is -2.12. The van der Waals surface area contributed by atoms with Crippen LogP contribution in [0.4, 0.5) is 32.2 Å². The zero-order chi connectivity index (χ0) is 20.4. The van der Waals surface area contributed by atoms with Crippen molar-refractivity contribution < 1.29 is 31.1 Å². The van der Waals surface area contributed by atoms with Crippen molar-refractivity contribution >= 4 is 34.9 Å². The first kappa shape index (κ1) is 21.0. The predicted molar refractivity (Wildman–Crippen MR) is 84.0 cm³/mol. The molecule has 0 aliphatic heterocycles. The third-order valence-electron chi connectivity index (χ3n) is 3.06. The van der Waals surface area contributed by atoms with E-state index in [0.29, 0.717) is 24.5 Å². The van der Waals surface area contributed by atoms with E-state index in [2.05, 4.69) is 20.8 Å². The molecule has 2 aromatic rings. The van der Waals surface area contributed by atoms with Gasteiger partial charge in [-0.1, -0.05) is 23.2 Å². The number of aromatic nitrogens is 2. The van der Waals surface area contributed by atoms with Gasteiger partial charge in [0, 0.05) is 12.4 Å². The molecule has 27 heavy (non-hydrogen) atoms. The zero-order valence-corrected chi connectivity index (χ0v) is 14.4. The van der Waals surface area contributed by atoms with E-state index < -0.39 is 40.8 Å².